The Hall–Kier alpha value is -1.67. The van der Waals surface area contributed by atoms with Gasteiger partial charge in [0.15, 0.2) is 5.69 Å². The lowest BCUT2D eigenvalue weighted by atomic mass is 10.4. The van der Waals surface area contributed by atoms with E-state index in [1.165, 1.54) is 16.7 Å². The summed E-state index contributed by atoms with van der Waals surface area (Å²) in [6, 6.07) is -0.217. The highest BCUT2D eigenvalue weighted by Crippen LogP contribution is 2.09. The maximum absolute atomic E-state index is 11.4. The van der Waals surface area contributed by atoms with Crippen molar-refractivity contribution in [2.45, 2.75) is 12.8 Å². The number of nitrogens with one attached hydrogen (secondary N) is 3. The molecule has 0 aliphatic rings. The number of nitrogens with zero attached hydrogens (tertiary/aromatic N) is 1. The van der Waals surface area contributed by atoms with E-state index >= 15 is 0 Å². The normalized spacial score (nSPS) is 10.2. The van der Waals surface area contributed by atoms with Crippen LogP contribution in [0.25, 0.3) is 0 Å². The van der Waals surface area contributed by atoms with Crippen LogP contribution in [0, 0.1) is 0 Å². The molecule has 19 heavy (non-hydrogen) atoms. The van der Waals surface area contributed by atoms with E-state index in [-0.39, 0.29) is 11.7 Å². The highest BCUT2D eigenvalue weighted by molar-refractivity contribution is 7.09. The first-order valence-corrected chi connectivity index (χ1v) is 6.85. The molecule has 0 fully saturated rings. The van der Waals surface area contributed by atoms with Gasteiger partial charge in [-0.05, 0) is 20.0 Å². The first-order chi connectivity index (χ1) is 9.13. The second-order valence-electron chi connectivity index (χ2n) is 3.82. The summed E-state index contributed by atoms with van der Waals surface area (Å²) in [6.07, 6.45) is 1.40. The van der Waals surface area contributed by atoms with Crippen molar-refractivity contribution in [2.24, 2.45) is 0 Å². The van der Waals surface area contributed by atoms with Crippen LogP contribution in [0.1, 0.15) is 21.9 Å². The number of carbonyl (C=O) groups is 2. The summed E-state index contributed by atoms with van der Waals surface area (Å²) in [4.78, 5) is 25.9. The van der Waals surface area contributed by atoms with Crippen LogP contribution in [0.3, 0.4) is 0 Å². The number of thiazole rings is 1. The topological polar surface area (TPSA) is 103 Å². The second-order valence-corrected chi connectivity index (χ2v) is 4.76. The molecule has 1 aromatic rings. The van der Waals surface area contributed by atoms with E-state index in [0.717, 1.165) is 13.0 Å². The Balaban J connectivity index is 2.15. The van der Waals surface area contributed by atoms with Crippen LogP contribution in [-0.2, 0) is 6.42 Å². The molecular weight excluding hydrogens is 268 g/mol. The van der Waals surface area contributed by atoms with Crippen LogP contribution in [0.15, 0.2) is 5.38 Å². The predicted octanol–water partition coefficient (Wildman–Crippen LogP) is 0.292. The Morgan fingerprint density at radius 2 is 2.05 bits per heavy atom. The number of aromatic nitrogens is 1. The summed E-state index contributed by atoms with van der Waals surface area (Å²) in [6.45, 7) is 1.91. The molecule has 0 saturated carbocycles. The summed E-state index contributed by atoms with van der Waals surface area (Å²) >= 11 is 1.28. The van der Waals surface area contributed by atoms with E-state index in [9.17, 15) is 9.59 Å². The molecule has 0 aromatic carbocycles. The van der Waals surface area contributed by atoms with E-state index in [1.54, 1.807) is 0 Å². The number of carboxylic acids is 1. The van der Waals surface area contributed by atoms with Crippen molar-refractivity contribution in [1.82, 2.24) is 20.9 Å². The Kier molecular flexibility index (Phi) is 6.83. The van der Waals surface area contributed by atoms with Crippen LogP contribution < -0.4 is 16.0 Å². The lowest BCUT2D eigenvalue weighted by Gasteiger charge is -2.06. The minimum Gasteiger partial charge on any atom is -0.476 e. The molecule has 0 radical (unpaired) electrons. The number of rotatable bonds is 8. The van der Waals surface area contributed by atoms with E-state index in [0.29, 0.717) is 24.5 Å². The summed E-state index contributed by atoms with van der Waals surface area (Å²) in [5.74, 6) is -1.03. The number of hydrogen-bond donors (Lipinski definition) is 4. The van der Waals surface area contributed by atoms with Crippen LogP contribution in [0.5, 0.6) is 0 Å². The third kappa shape index (κ3) is 6.16. The number of carboxylic acid groups (broad SMARTS) is 1. The molecule has 0 aliphatic carbocycles. The fourth-order valence-corrected chi connectivity index (χ4v) is 2.11. The third-order valence-corrected chi connectivity index (χ3v) is 3.19. The predicted molar refractivity (Wildman–Crippen MR) is 72.7 cm³/mol. The van der Waals surface area contributed by atoms with E-state index in [4.69, 9.17) is 5.11 Å². The third-order valence-electron chi connectivity index (χ3n) is 2.28. The molecule has 0 atom stereocenters. The van der Waals surface area contributed by atoms with Crippen molar-refractivity contribution < 1.29 is 14.7 Å². The van der Waals surface area contributed by atoms with Crippen molar-refractivity contribution in [3.63, 3.8) is 0 Å². The summed E-state index contributed by atoms with van der Waals surface area (Å²) in [5.41, 5.74) is 0.0523. The van der Waals surface area contributed by atoms with Gasteiger partial charge in [0.2, 0.25) is 0 Å². The molecule has 0 aliphatic heterocycles. The average molecular weight is 286 g/mol. The highest BCUT2D eigenvalue weighted by Gasteiger charge is 2.08. The number of aromatic carboxylic acids is 1. The molecule has 0 saturated heterocycles. The molecule has 8 heteroatoms. The maximum Gasteiger partial charge on any atom is 0.355 e. The molecule has 1 rings (SSSR count). The second kappa shape index (κ2) is 8.44. The monoisotopic (exact) mass is 286 g/mol. The molecule has 1 aromatic heterocycles. The maximum atomic E-state index is 11.4. The molecular formula is C11H18N4O3S. The Labute approximate surface area is 115 Å². The largest absolute Gasteiger partial charge is 0.476 e. The van der Waals surface area contributed by atoms with Gasteiger partial charge in [0, 0.05) is 24.9 Å². The Morgan fingerprint density at radius 1 is 1.32 bits per heavy atom. The van der Waals surface area contributed by atoms with Crippen molar-refractivity contribution in [3.8, 4) is 0 Å². The van der Waals surface area contributed by atoms with Crippen molar-refractivity contribution in [2.75, 3.05) is 26.7 Å². The fourth-order valence-electron chi connectivity index (χ4n) is 1.34. The highest BCUT2D eigenvalue weighted by atomic mass is 32.1. The zero-order valence-electron chi connectivity index (χ0n) is 10.7. The van der Waals surface area contributed by atoms with E-state index in [2.05, 4.69) is 20.9 Å². The number of hydrogen-bond acceptors (Lipinski definition) is 5. The van der Waals surface area contributed by atoms with Crippen LogP contribution >= 0.6 is 11.3 Å². The van der Waals surface area contributed by atoms with Gasteiger partial charge in [-0.3, -0.25) is 0 Å². The molecule has 0 unspecified atom stereocenters. The van der Waals surface area contributed by atoms with Gasteiger partial charge in [-0.1, -0.05) is 0 Å². The molecule has 7 nitrogen and oxygen atoms in total. The van der Waals surface area contributed by atoms with Gasteiger partial charge in [-0.25, -0.2) is 14.6 Å². The molecule has 1 heterocycles. The molecule has 0 bridgehead atoms. The van der Waals surface area contributed by atoms with Crippen LogP contribution in [0.2, 0.25) is 0 Å². The van der Waals surface area contributed by atoms with Crippen molar-refractivity contribution in [1.29, 1.82) is 0 Å². The standard InChI is InChI=1S/C11H18N4O3S/c1-12-4-2-5-13-11(18)14-6-3-9-15-8(7-19-9)10(16)17/h7,12H,2-6H2,1H3,(H,16,17)(H2,13,14,18). The van der Waals surface area contributed by atoms with E-state index < -0.39 is 5.97 Å². The van der Waals surface area contributed by atoms with Crippen LogP contribution in [-0.4, -0.2) is 48.8 Å². The van der Waals surface area contributed by atoms with Gasteiger partial charge >= 0.3 is 12.0 Å². The van der Waals surface area contributed by atoms with E-state index in [1.807, 2.05) is 7.05 Å². The molecule has 0 spiro atoms. The zero-order valence-corrected chi connectivity index (χ0v) is 11.5. The summed E-state index contributed by atoms with van der Waals surface area (Å²) < 4.78 is 0. The van der Waals surface area contributed by atoms with Gasteiger partial charge in [0.1, 0.15) is 0 Å². The van der Waals surface area contributed by atoms with Gasteiger partial charge in [0.25, 0.3) is 0 Å². The molecule has 4 N–H and O–H groups in total. The first-order valence-electron chi connectivity index (χ1n) is 5.97. The fraction of sp³-hybridized carbons (Fsp3) is 0.545. The minimum atomic E-state index is -1.03. The van der Waals surface area contributed by atoms with Gasteiger partial charge < -0.3 is 21.1 Å². The Bertz CT molecular complexity index is 422. The first kappa shape index (κ1) is 15.4. The van der Waals surface area contributed by atoms with Gasteiger partial charge in [-0.15, -0.1) is 11.3 Å². The molecule has 106 valence electrons. The van der Waals surface area contributed by atoms with Crippen molar-refractivity contribution >= 4 is 23.3 Å². The SMILES string of the molecule is CNCCCNC(=O)NCCc1nc(C(=O)O)cs1. The zero-order chi connectivity index (χ0) is 14.1. The minimum absolute atomic E-state index is 0.0523. The number of amides is 2. The van der Waals surface area contributed by atoms with Gasteiger partial charge in [-0.2, -0.15) is 0 Å². The lowest BCUT2D eigenvalue weighted by molar-refractivity contribution is 0.0691. The van der Waals surface area contributed by atoms with Crippen molar-refractivity contribution in [3.05, 3.63) is 16.1 Å². The van der Waals surface area contributed by atoms with Crippen LogP contribution in [0.4, 0.5) is 4.79 Å². The summed E-state index contributed by atoms with van der Waals surface area (Å²) in [5, 5.41) is 19.3. The molecule has 2 amide bonds. The lowest BCUT2D eigenvalue weighted by Crippen LogP contribution is -2.37. The van der Waals surface area contributed by atoms with Gasteiger partial charge in [0.05, 0.1) is 5.01 Å². The Morgan fingerprint density at radius 3 is 2.68 bits per heavy atom. The number of urea groups is 1. The average Bonchev–Trinajstić information content (AvgIpc) is 2.84. The quantitative estimate of drug-likeness (QED) is 0.514. The number of carbonyl (C=O) groups excluding carboxylic acids is 1. The summed E-state index contributed by atoms with van der Waals surface area (Å²) in [7, 11) is 1.86. The smallest absolute Gasteiger partial charge is 0.355 e.